The van der Waals surface area contributed by atoms with Crippen molar-refractivity contribution in [2.45, 2.75) is 0 Å². The molecule has 0 aliphatic carbocycles. The first-order valence-corrected chi connectivity index (χ1v) is 2.00. The van der Waals surface area contributed by atoms with E-state index in [1.165, 1.54) is 0 Å². The molecule has 0 atom stereocenters. The van der Waals surface area contributed by atoms with Crippen molar-refractivity contribution in [3.05, 3.63) is 0 Å². The summed E-state index contributed by atoms with van der Waals surface area (Å²) in [6.07, 6.45) is 0. The molecule has 0 unspecified atom stereocenters. The molecule has 0 spiro atoms. The molecule has 8 heavy (non-hydrogen) atoms. The third-order valence-electron chi connectivity index (χ3n) is 0. The van der Waals surface area contributed by atoms with Gasteiger partial charge in [0.05, 0.1) is 0 Å². The van der Waals surface area contributed by atoms with Crippen LogP contribution in [0.1, 0.15) is 0 Å². The van der Waals surface area contributed by atoms with Gasteiger partial charge >= 0.3 is 52.4 Å². The van der Waals surface area contributed by atoms with Gasteiger partial charge in [-0.15, -0.1) is 0 Å². The van der Waals surface area contributed by atoms with E-state index in [0.29, 0.717) is 0 Å². The molecule has 40 valence electrons. The molecule has 8 heteroatoms. The minimum Gasteiger partial charge on any atom is -1.00 e. The molecular weight excluding hydrogens is 298 g/mol. The zero-order chi connectivity index (χ0) is 4.50. The van der Waals surface area contributed by atoms with Crippen molar-refractivity contribution in [1.29, 1.82) is 0 Å². The van der Waals surface area contributed by atoms with Crippen LogP contribution in [0.5, 0.6) is 0 Å². The van der Waals surface area contributed by atoms with Crippen molar-refractivity contribution in [3.8, 4) is 0 Å². The van der Waals surface area contributed by atoms with Crippen LogP contribution in [0, 0.1) is 0 Å². The molecule has 0 heterocycles. The van der Waals surface area contributed by atoms with Crippen molar-refractivity contribution in [3.63, 3.8) is 0 Å². The number of hydrogen-bond acceptors (Lipinski definition) is 4. The SMILES string of the molecule is O=S(=O)([O-])[O-].[F-].[Zr+4].[Zr+4]. The maximum Gasteiger partial charge on any atom is 4.00 e. The summed E-state index contributed by atoms with van der Waals surface area (Å²) in [5.41, 5.74) is 0. The maximum absolute atomic E-state index is 8.52. The first kappa shape index (κ1) is 22.7. The van der Waals surface area contributed by atoms with E-state index in [0.717, 1.165) is 0 Å². The minimum atomic E-state index is -5.17. The number of hydrogen-bond donors (Lipinski definition) is 0. The van der Waals surface area contributed by atoms with E-state index in [4.69, 9.17) is 17.5 Å². The Morgan fingerprint density at radius 3 is 1.00 bits per heavy atom. The van der Waals surface area contributed by atoms with Crippen LogP contribution >= 0.6 is 0 Å². The van der Waals surface area contributed by atoms with Gasteiger partial charge in [-0.05, 0) is 0 Å². The van der Waals surface area contributed by atoms with E-state index in [1.807, 2.05) is 0 Å². The summed E-state index contributed by atoms with van der Waals surface area (Å²) in [5, 5.41) is 0. The summed E-state index contributed by atoms with van der Waals surface area (Å²) in [4.78, 5) is 0. The Balaban J connectivity index is -0.0000000267. The van der Waals surface area contributed by atoms with Gasteiger partial charge in [0.15, 0.2) is 0 Å². The van der Waals surface area contributed by atoms with Crippen LogP contribution in [0.25, 0.3) is 0 Å². The van der Waals surface area contributed by atoms with Crippen LogP contribution in [0.2, 0.25) is 0 Å². The van der Waals surface area contributed by atoms with E-state index in [2.05, 4.69) is 0 Å². The zero-order valence-corrected chi connectivity index (χ0v) is 9.15. The smallest absolute Gasteiger partial charge is 1.00 e. The summed E-state index contributed by atoms with van der Waals surface area (Å²) in [6, 6.07) is 0. The van der Waals surface area contributed by atoms with Gasteiger partial charge < -0.3 is 13.8 Å². The minimum absolute atomic E-state index is 0. The Morgan fingerprint density at radius 2 is 1.00 bits per heavy atom. The van der Waals surface area contributed by atoms with Crippen LogP contribution in [-0.2, 0) is 62.8 Å². The monoisotopic (exact) mass is 295 g/mol. The normalized spacial score (nSPS) is 7.25. The molecule has 0 N–H and O–H groups in total. The number of halogens is 1. The molecule has 0 amide bonds. The molecule has 0 aromatic carbocycles. The first-order chi connectivity index (χ1) is 2.00. The van der Waals surface area contributed by atoms with Gasteiger partial charge in [0, 0.05) is 10.4 Å². The van der Waals surface area contributed by atoms with Crippen LogP contribution in [0.15, 0.2) is 0 Å². The summed E-state index contributed by atoms with van der Waals surface area (Å²) >= 11 is 0. The molecule has 0 saturated carbocycles. The topological polar surface area (TPSA) is 80.3 Å². The fourth-order valence-corrected chi connectivity index (χ4v) is 0. The average molecular weight is 298 g/mol. The van der Waals surface area contributed by atoms with Gasteiger partial charge in [-0.3, -0.25) is 8.42 Å². The molecule has 0 rings (SSSR count). The molecule has 0 aromatic heterocycles. The van der Waals surface area contributed by atoms with Crippen molar-refractivity contribution < 1.29 is 74.6 Å². The molecule has 0 aliphatic rings. The first-order valence-electron chi connectivity index (χ1n) is 0.667. The summed E-state index contributed by atoms with van der Waals surface area (Å²) in [6.45, 7) is 0. The van der Waals surface area contributed by atoms with E-state index in [1.54, 1.807) is 0 Å². The fourth-order valence-electron chi connectivity index (χ4n) is 0. The van der Waals surface area contributed by atoms with Gasteiger partial charge in [-0.1, -0.05) is 0 Å². The molecule has 0 aromatic rings. The van der Waals surface area contributed by atoms with Crippen LogP contribution in [-0.4, -0.2) is 17.5 Å². The molecular formula is FO4SZr2+5. The average Bonchev–Trinajstić information content (AvgIpc) is 0.722. The van der Waals surface area contributed by atoms with Gasteiger partial charge in [0.25, 0.3) is 0 Å². The molecule has 0 radical (unpaired) electrons. The fraction of sp³-hybridized carbons (Fsp3) is 0. The van der Waals surface area contributed by atoms with E-state index >= 15 is 0 Å². The Morgan fingerprint density at radius 1 is 1.00 bits per heavy atom. The van der Waals surface area contributed by atoms with Gasteiger partial charge in [-0.25, -0.2) is 0 Å². The molecule has 4 nitrogen and oxygen atoms in total. The Bertz CT molecular complexity index is 97.2. The van der Waals surface area contributed by atoms with Crippen LogP contribution in [0.4, 0.5) is 0 Å². The summed E-state index contributed by atoms with van der Waals surface area (Å²) < 4.78 is 34.1. The van der Waals surface area contributed by atoms with E-state index in [-0.39, 0.29) is 57.1 Å². The Labute approximate surface area is 84.2 Å². The molecule has 0 fully saturated rings. The van der Waals surface area contributed by atoms with Crippen molar-refractivity contribution in [1.82, 2.24) is 0 Å². The standard InChI is InChI=1S/FH.H2O4S.2Zr/c;1-5(2,3)4;;/h1H;(H2,1,2,3,4);;/q;;2*+4/p-3. The second-order valence-corrected chi connectivity index (χ2v) is 1.22. The molecule has 0 aliphatic heterocycles. The van der Waals surface area contributed by atoms with Crippen molar-refractivity contribution >= 4 is 10.4 Å². The number of rotatable bonds is 0. The van der Waals surface area contributed by atoms with E-state index in [9.17, 15) is 0 Å². The van der Waals surface area contributed by atoms with Crippen molar-refractivity contribution in [2.24, 2.45) is 0 Å². The van der Waals surface area contributed by atoms with Gasteiger partial charge in [-0.2, -0.15) is 0 Å². The van der Waals surface area contributed by atoms with Gasteiger partial charge in [0.1, 0.15) is 0 Å². The third kappa shape index (κ3) is 133. The second kappa shape index (κ2) is 8.57. The van der Waals surface area contributed by atoms with Crippen molar-refractivity contribution in [2.75, 3.05) is 0 Å². The quantitative estimate of drug-likeness (QED) is 0.334. The van der Waals surface area contributed by atoms with E-state index < -0.39 is 10.4 Å². The predicted octanol–water partition coefficient (Wildman–Crippen LogP) is -4.34. The summed E-state index contributed by atoms with van der Waals surface area (Å²) in [7, 11) is -5.17. The second-order valence-electron chi connectivity index (χ2n) is 0.408. The molecule has 0 bridgehead atoms. The maximum atomic E-state index is 8.52. The van der Waals surface area contributed by atoms with Crippen LogP contribution < -0.4 is 4.70 Å². The largest absolute Gasteiger partial charge is 4.00 e. The third-order valence-corrected chi connectivity index (χ3v) is 0. The Hall–Kier alpha value is 1.57. The zero-order valence-electron chi connectivity index (χ0n) is 3.42. The Kier molecular flexibility index (Phi) is 24.3. The summed E-state index contributed by atoms with van der Waals surface area (Å²) in [5.74, 6) is 0. The van der Waals surface area contributed by atoms with Crippen LogP contribution in [0.3, 0.4) is 0 Å². The molecule has 0 saturated heterocycles. The van der Waals surface area contributed by atoms with Gasteiger partial charge in [0.2, 0.25) is 0 Å². The predicted molar refractivity (Wildman–Crippen MR) is 10.5 cm³/mol.